The molecule has 0 fully saturated rings. The molecule has 0 bridgehead atoms. The van der Waals surface area contributed by atoms with Crippen LogP contribution in [0.4, 0.5) is 10.2 Å². The van der Waals surface area contributed by atoms with E-state index in [1.165, 1.54) is 10.9 Å². The van der Waals surface area contributed by atoms with Gasteiger partial charge in [-0.05, 0) is 13.0 Å². The Morgan fingerprint density at radius 3 is 2.86 bits per heavy atom. The highest BCUT2D eigenvalue weighted by molar-refractivity contribution is 5.40. The molecule has 0 aliphatic carbocycles. The molecule has 5 heteroatoms. The number of nitrogen functional groups attached to an aromatic ring is 1. The van der Waals surface area contributed by atoms with Crippen LogP contribution >= 0.6 is 0 Å². The van der Waals surface area contributed by atoms with Crippen LogP contribution in [0.1, 0.15) is 5.56 Å². The molecule has 2 heterocycles. The molecule has 2 aromatic heterocycles. The zero-order valence-electron chi connectivity index (χ0n) is 7.61. The zero-order chi connectivity index (χ0) is 10.1. The van der Waals surface area contributed by atoms with Gasteiger partial charge in [0.2, 0.25) is 0 Å². The van der Waals surface area contributed by atoms with E-state index >= 15 is 0 Å². The van der Waals surface area contributed by atoms with E-state index in [-0.39, 0.29) is 0 Å². The third-order valence-electron chi connectivity index (χ3n) is 1.93. The van der Waals surface area contributed by atoms with E-state index in [0.29, 0.717) is 11.5 Å². The van der Waals surface area contributed by atoms with E-state index in [1.54, 1.807) is 12.3 Å². The summed E-state index contributed by atoms with van der Waals surface area (Å²) in [5.74, 6) is -0.0174. The summed E-state index contributed by atoms with van der Waals surface area (Å²) in [6.45, 7) is 1.82. The number of rotatable bonds is 1. The second-order valence-corrected chi connectivity index (χ2v) is 2.97. The maximum Gasteiger partial charge on any atom is 0.167 e. The van der Waals surface area contributed by atoms with Crippen LogP contribution in [0.5, 0.6) is 0 Å². The van der Waals surface area contributed by atoms with Crippen molar-refractivity contribution in [2.75, 3.05) is 5.73 Å². The molecule has 72 valence electrons. The SMILES string of the molecule is Cc1cn(-c2ccncc2F)nc1N. The summed E-state index contributed by atoms with van der Waals surface area (Å²) in [6.07, 6.45) is 4.32. The largest absolute Gasteiger partial charge is 0.382 e. The predicted molar refractivity (Wildman–Crippen MR) is 50.5 cm³/mol. The van der Waals surface area contributed by atoms with Gasteiger partial charge in [-0.25, -0.2) is 9.07 Å². The molecule has 0 amide bonds. The molecule has 0 saturated heterocycles. The van der Waals surface area contributed by atoms with Crippen molar-refractivity contribution in [2.45, 2.75) is 6.92 Å². The quantitative estimate of drug-likeness (QED) is 0.740. The van der Waals surface area contributed by atoms with Crippen molar-refractivity contribution in [1.29, 1.82) is 0 Å². The predicted octanol–water partition coefficient (Wildman–Crippen LogP) is 1.30. The number of hydrogen-bond donors (Lipinski definition) is 1. The Hall–Kier alpha value is -1.91. The Balaban J connectivity index is 2.55. The molecule has 2 rings (SSSR count). The third-order valence-corrected chi connectivity index (χ3v) is 1.93. The highest BCUT2D eigenvalue weighted by Gasteiger charge is 2.06. The molecular weight excluding hydrogens is 183 g/mol. The van der Waals surface area contributed by atoms with Gasteiger partial charge in [-0.2, -0.15) is 5.10 Å². The van der Waals surface area contributed by atoms with Gasteiger partial charge < -0.3 is 5.73 Å². The standard InChI is InChI=1S/C9H9FN4/c1-6-5-14(13-9(6)11)8-2-3-12-4-7(8)10/h2-5H,1H3,(H2,11,13). The third kappa shape index (κ3) is 1.32. The summed E-state index contributed by atoms with van der Waals surface area (Å²) in [4.78, 5) is 3.65. The van der Waals surface area contributed by atoms with Crippen molar-refractivity contribution in [3.05, 3.63) is 36.0 Å². The number of pyridine rings is 1. The van der Waals surface area contributed by atoms with Crippen LogP contribution < -0.4 is 5.73 Å². The fraction of sp³-hybridized carbons (Fsp3) is 0.111. The molecule has 0 unspecified atom stereocenters. The number of halogens is 1. The molecule has 0 saturated carbocycles. The van der Waals surface area contributed by atoms with Crippen LogP contribution in [0.3, 0.4) is 0 Å². The molecular formula is C9H9FN4. The Morgan fingerprint density at radius 2 is 2.29 bits per heavy atom. The average Bonchev–Trinajstić information content (AvgIpc) is 2.48. The number of nitrogens with zero attached hydrogens (tertiary/aromatic N) is 3. The summed E-state index contributed by atoms with van der Waals surface area (Å²) in [5.41, 5.74) is 6.73. The van der Waals surface area contributed by atoms with E-state index in [0.717, 1.165) is 11.8 Å². The molecule has 0 atom stereocenters. The summed E-state index contributed by atoms with van der Waals surface area (Å²) < 4.78 is 14.7. The second kappa shape index (κ2) is 3.10. The highest BCUT2D eigenvalue weighted by atomic mass is 19.1. The summed E-state index contributed by atoms with van der Waals surface area (Å²) >= 11 is 0. The van der Waals surface area contributed by atoms with Crippen molar-refractivity contribution in [2.24, 2.45) is 0 Å². The molecule has 0 radical (unpaired) electrons. The summed E-state index contributed by atoms with van der Waals surface area (Å²) in [6, 6.07) is 1.54. The van der Waals surface area contributed by atoms with Crippen LogP contribution in [-0.4, -0.2) is 14.8 Å². The van der Waals surface area contributed by atoms with Gasteiger partial charge in [0.1, 0.15) is 11.5 Å². The first kappa shape index (κ1) is 8.68. The molecule has 2 aromatic rings. The minimum atomic E-state index is -0.421. The van der Waals surface area contributed by atoms with Gasteiger partial charge in [-0.1, -0.05) is 0 Å². The lowest BCUT2D eigenvalue weighted by atomic mass is 10.4. The number of aromatic nitrogens is 3. The van der Waals surface area contributed by atoms with Gasteiger partial charge in [0.25, 0.3) is 0 Å². The van der Waals surface area contributed by atoms with E-state index < -0.39 is 5.82 Å². The molecule has 4 nitrogen and oxygen atoms in total. The lowest BCUT2D eigenvalue weighted by Crippen LogP contribution is -1.99. The minimum Gasteiger partial charge on any atom is -0.382 e. The van der Waals surface area contributed by atoms with E-state index in [9.17, 15) is 4.39 Å². The van der Waals surface area contributed by atoms with Crippen molar-refractivity contribution < 1.29 is 4.39 Å². The van der Waals surface area contributed by atoms with Gasteiger partial charge in [-0.3, -0.25) is 4.98 Å². The lowest BCUT2D eigenvalue weighted by molar-refractivity contribution is 0.605. The van der Waals surface area contributed by atoms with Crippen molar-refractivity contribution in [3.63, 3.8) is 0 Å². The highest BCUT2D eigenvalue weighted by Crippen LogP contribution is 2.14. The average molecular weight is 192 g/mol. The van der Waals surface area contributed by atoms with E-state index in [2.05, 4.69) is 10.1 Å². The first-order valence-electron chi connectivity index (χ1n) is 4.10. The number of hydrogen-bond acceptors (Lipinski definition) is 3. The fourth-order valence-corrected chi connectivity index (χ4v) is 1.15. The number of anilines is 1. The first-order valence-corrected chi connectivity index (χ1v) is 4.10. The van der Waals surface area contributed by atoms with E-state index in [4.69, 9.17) is 5.73 Å². The first-order chi connectivity index (χ1) is 6.68. The van der Waals surface area contributed by atoms with Crippen LogP contribution in [0.2, 0.25) is 0 Å². The molecule has 0 spiro atoms. The Kier molecular flexibility index (Phi) is 1.92. The maximum absolute atomic E-state index is 13.3. The minimum absolute atomic E-state index is 0.347. The van der Waals surface area contributed by atoms with Crippen molar-refractivity contribution >= 4 is 5.82 Å². The fourth-order valence-electron chi connectivity index (χ4n) is 1.15. The molecule has 14 heavy (non-hydrogen) atoms. The molecule has 2 N–H and O–H groups in total. The molecule has 0 aromatic carbocycles. The topological polar surface area (TPSA) is 56.7 Å². The normalized spacial score (nSPS) is 10.4. The van der Waals surface area contributed by atoms with Gasteiger partial charge in [0.05, 0.1) is 6.20 Å². The summed E-state index contributed by atoms with van der Waals surface area (Å²) in [5, 5.41) is 3.97. The Bertz CT molecular complexity index is 444. The Labute approximate surface area is 80.2 Å². The monoisotopic (exact) mass is 192 g/mol. The van der Waals surface area contributed by atoms with Crippen LogP contribution in [0, 0.1) is 12.7 Å². The maximum atomic E-state index is 13.3. The lowest BCUT2D eigenvalue weighted by Gasteiger charge is -2.00. The van der Waals surface area contributed by atoms with E-state index in [1.807, 2.05) is 6.92 Å². The molecule has 0 aliphatic rings. The number of nitrogens with two attached hydrogens (primary N) is 1. The van der Waals surface area contributed by atoms with Crippen LogP contribution in [0.25, 0.3) is 5.69 Å². The molecule has 0 aliphatic heterocycles. The van der Waals surface area contributed by atoms with Crippen molar-refractivity contribution in [3.8, 4) is 5.69 Å². The van der Waals surface area contributed by atoms with Gasteiger partial charge in [-0.15, -0.1) is 0 Å². The Morgan fingerprint density at radius 1 is 1.50 bits per heavy atom. The van der Waals surface area contributed by atoms with Gasteiger partial charge in [0.15, 0.2) is 5.82 Å². The summed E-state index contributed by atoms with van der Waals surface area (Å²) in [7, 11) is 0. The zero-order valence-corrected chi connectivity index (χ0v) is 7.61. The van der Waals surface area contributed by atoms with Gasteiger partial charge >= 0.3 is 0 Å². The van der Waals surface area contributed by atoms with Crippen LogP contribution in [-0.2, 0) is 0 Å². The van der Waals surface area contributed by atoms with Crippen molar-refractivity contribution in [1.82, 2.24) is 14.8 Å². The second-order valence-electron chi connectivity index (χ2n) is 2.97. The van der Waals surface area contributed by atoms with Crippen LogP contribution in [0.15, 0.2) is 24.7 Å². The smallest absolute Gasteiger partial charge is 0.167 e. The number of aryl methyl sites for hydroxylation is 1. The van der Waals surface area contributed by atoms with Gasteiger partial charge in [0, 0.05) is 18.0 Å².